The highest BCUT2D eigenvalue weighted by molar-refractivity contribution is 5.93. The maximum atomic E-state index is 12.0. The predicted octanol–water partition coefficient (Wildman–Crippen LogP) is 1.10. The van der Waals surface area contributed by atoms with Gasteiger partial charge in [0, 0.05) is 25.2 Å². The van der Waals surface area contributed by atoms with Gasteiger partial charge in [0.2, 0.25) is 0 Å². The molecule has 15 heavy (non-hydrogen) atoms. The molecule has 0 bridgehead atoms. The molecular formula is C11H16N2O2. The Balaban J connectivity index is 2.08. The molecule has 1 aromatic rings. The van der Waals surface area contributed by atoms with E-state index in [0.717, 1.165) is 19.6 Å². The molecule has 2 heterocycles. The average Bonchev–Trinajstić information content (AvgIpc) is 2.67. The third-order valence-electron chi connectivity index (χ3n) is 2.63. The minimum absolute atomic E-state index is 0.00234. The quantitative estimate of drug-likeness (QED) is 0.751. The van der Waals surface area contributed by atoms with Crippen LogP contribution in [0, 0.1) is 0 Å². The number of hydrogen-bond acceptors (Lipinski definition) is 3. The van der Waals surface area contributed by atoms with Crippen LogP contribution in [0.1, 0.15) is 24.2 Å². The predicted molar refractivity (Wildman–Crippen MR) is 56.7 cm³/mol. The van der Waals surface area contributed by atoms with Gasteiger partial charge in [-0.1, -0.05) is 0 Å². The van der Waals surface area contributed by atoms with Crippen LogP contribution in [0.5, 0.6) is 0 Å². The van der Waals surface area contributed by atoms with Gasteiger partial charge in [-0.15, -0.1) is 0 Å². The van der Waals surface area contributed by atoms with E-state index in [1.165, 1.54) is 12.5 Å². The number of carbonyl (C=O) groups excluding carboxylic acids is 1. The normalized spacial score (nSPS) is 20.3. The minimum atomic E-state index is -0.00234. The van der Waals surface area contributed by atoms with Crippen molar-refractivity contribution in [1.29, 1.82) is 0 Å². The lowest BCUT2D eigenvalue weighted by molar-refractivity contribution is 0.0651. The summed E-state index contributed by atoms with van der Waals surface area (Å²) in [6.07, 6.45) is 3.03. The van der Waals surface area contributed by atoms with E-state index in [-0.39, 0.29) is 11.4 Å². The lowest BCUT2D eigenvalue weighted by Gasteiger charge is -2.38. The third-order valence-corrected chi connectivity index (χ3v) is 2.63. The first-order valence-electron chi connectivity index (χ1n) is 5.15. The lowest BCUT2D eigenvalue weighted by Crippen LogP contribution is -2.58. The number of amides is 1. The third kappa shape index (κ3) is 2.21. The molecule has 1 saturated heterocycles. The summed E-state index contributed by atoms with van der Waals surface area (Å²) < 4.78 is 4.92. The number of hydrogen-bond donors (Lipinski definition) is 1. The zero-order valence-electron chi connectivity index (χ0n) is 9.12. The van der Waals surface area contributed by atoms with Crippen LogP contribution in [-0.2, 0) is 0 Å². The van der Waals surface area contributed by atoms with Gasteiger partial charge < -0.3 is 14.6 Å². The number of nitrogens with zero attached hydrogens (tertiary/aromatic N) is 1. The molecule has 1 aromatic heterocycles. The molecule has 1 aliphatic heterocycles. The number of piperazine rings is 1. The van der Waals surface area contributed by atoms with Gasteiger partial charge in [0.05, 0.1) is 11.8 Å². The summed E-state index contributed by atoms with van der Waals surface area (Å²) in [5.41, 5.74) is 0.630. The number of nitrogens with one attached hydrogen (secondary N) is 1. The molecule has 1 aliphatic rings. The van der Waals surface area contributed by atoms with Crippen molar-refractivity contribution >= 4 is 5.91 Å². The molecule has 0 aliphatic carbocycles. The van der Waals surface area contributed by atoms with E-state index in [4.69, 9.17) is 4.42 Å². The fourth-order valence-corrected chi connectivity index (χ4v) is 1.88. The van der Waals surface area contributed by atoms with E-state index in [9.17, 15) is 4.79 Å². The molecule has 0 radical (unpaired) electrons. The number of carbonyl (C=O) groups is 1. The summed E-state index contributed by atoms with van der Waals surface area (Å²) >= 11 is 0. The Bertz CT molecular complexity index is 343. The van der Waals surface area contributed by atoms with E-state index in [1.54, 1.807) is 6.07 Å². The monoisotopic (exact) mass is 208 g/mol. The van der Waals surface area contributed by atoms with Crippen LogP contribution < -0.4 is 5.32 Å². The summed E-state index contributed by atoms with van der Waals surface area (Å²) in [7, 11) is 0. The van der Waals surface area contributed by atoms with E-state index in [0.29, 0.717) is 5.56 Å². The van der Waals surface area contributed by atoms with Crippen molar-refractivity contribution in [1.82, 2.24) is 10.2 Å². The molecule has 0 atom stereocenters. The SMILES string of the molecule is CC1(C)CN(C(=O)c2ccoc2)CCN1. The van der Waals surface area contributed by atoms with E-state index < -0.39 is 0 Å². The van der Waals surface area contributed by atoms with Crippen molar-refractivity contribution in [3.63, 3.8) is 0 Å². The van der Waals surface area contributed by atoms with Crippen LogP contribution in [0.25, 0.3) is 0 Å². The van der Waals surface area contributed by atoms with Gasteiger partial charge in [-0.2, -0.15) is 0 Å². The molecule has 0 unspecified atom stereocenters. The summed E-state index contributed by atoms with van der Waals surface area (Å²) in [5.74, 6) is 0.0540. The first kappa shape index (κ1) is 10.2. The number of rotatable bonds is 1. The van der Waals surface area contributed by atoms with Crippen LogP contribution in [0.3, 0.4) is 0 Å². The first-order chi connectivity index (χ1) is 7.08. The van der Waals surface area contributed by atoms with Gasteiger partial charge in [0.15, 0.2) is 0 Å². The summed E-state index contributed by atoms with van der Waals surface area (Å²) in [4.78, 5) is 13.8. The molecule has 2 rings (SSSR count). The Morgan fingerprint density at radius 2 is 2.40 bits per heavy atom. The molecule has 4 heteroatoms. The fraction of sp³-hybridized carbons (Fsp3) is 0.545. The van der Waals surface area contributed by atoms with Gasteiger partial charge in [0.1, 0.15) is 6.26 Å². The second-order valence-electron chi connectivity index (χ2n) is 4.55. The van der Waals surface area contributed by atoms with Crippen molar-refractivity contribution in [3.8, 4) is 0 Å². The smallest absolute Gasteiger partial charge is 0.257 e. The Hall–Kier alpha value is -1.29. The standard InChI is InChI=1S/C11H16N2O2/c1-11(2)8-13(5-4-12-11)10(14)9-3-6-15-7-9/h3,6-7,12H,4-5,8H2,1-2H3. The highest BCUT2D eigenvalue weighted by Gasteiger charge is 2.29. The second kappa shape index (κ2) is 3.70. The van der Waals surface area contributed by atoms with Gasteiger partial charge in [-0.25, -0.2) is 0 Å². The van der Waals surface area contributed by atoms with Gasteiger partial charge in [-0.3, -0.25) is 4.79 Å². The highest BCUT2D eigenvalue weighted by Crippen LogP contribution is 2.13. The largest absolute Gasteiger partial charge is 0.472 e. The van der Waals surface area contributed by atoms with Crippen LogP contribution in [0.15, 0.2) is 23.0 Å². The van der Waals surface area contributed by atoms with Crippen molar-refractivity contribution in [2.75, 3.05) is 19.6 Å². The lowest BCUT2D eigenvalue weighted by atomic mass is 10.0. The molecule has 1 N–H and O–H groups in total. The zero-order chi connectivity index (χ0) is 10.9. The average molecular weight is 208 g/mol. The Kier molecular flexibility index (Phi) is 2.52. The maximum Gasteiger partial charge on any atom is 0.257 e. The van der Waals surface area contributed by atoms with Crippen molar-refractivity contribution in [3.05, 3.63) is 24.2 Å². The Morgan fingerprint density at radius 3 is 3.00 bits per heavy atom. The molecular weight excluding hydrogens is 192 g/mol. The summed E-state index contributed by atoms with van der Waals surface area (Å²) in [5, 5.41) is 3.37. The van der Waals surface area contributed by atoms with Crippen molar-refractivity contribution in [2.24, 2.45) is 0 Å². The van der Waals surface area contributed by atoms with Gasteiger partial charge >= 0.3 is 0 Å². The molecule has 0 saturated carbocycles. The van der Waals surface area contributed by atoms with Crippen LogP contribution in [0.4, 0.5) is 0 Å². The topological polar surface area (TPSA) is 45.5 Å². The highest BCUT2D eigenvalue weighted by atomic mass is 16.3. The minimum Gasteiger partial charge on any atom is -0.472 e. The van der Waals surface area contributed by atoms with Crippen LogP contribution in [0.2, 0.25) is 0 Å². The van der Waals surface area contributed by atoms with Crippen molar-refractivity contribution in [2.45, 2.75) is 19.4 Å². The van der Waals surface area contributed by atoms with Gasteiger partial charge in [0.25, 0.3) is 5.91 Å². The summed E-state index contributed by atoms with van der Waals surface area (Å²) in [6.45, 7) is 6.53. The Labute approximate surface area is 89.2 Å². The zero-order valence-corrected chi connectivity index (χ0v) is 9.12. The van der Waals surface area contributed by atoms with Gasteiger partial charge in [-0.05, 0) is 19.9 Å². The van der Waals surface area contributed by atoms with E-state index >= 15 is 0 Å². The number of furan rings is 1. The molecule has 4 nitrogen and oxygen atoms in total. The molecule has 82 valence electrons. The fourth-order valence-electron chi connectivity index (χ4n) is 1.88. The molecule has 0 aromatic carbocycles. The maximum absolute atomic E-state index is 12.0. The van der Waals surface area contributed by atoms with Crippen LogP contribution in [-0.4, -0.2) is 36.0 Å². The van der Waals surface area contributed by atoms with Crippen LogP contribution >= 0.6 is 0 Å². The van der Waals surface area contributed by atoms with E-state index in [1.807, 2.05) is 4.90 Å². The second-order valence-corrected chi connectivity index (χ2v) is 4.55. The molecule has 0 spiro atoms. The Morgan fingerprint density at radius 1 is 1.60 bits per heavy atom. The van der Waals surface area contributed by atoms with Crippen molar-refractivity contribution < 1.29 is 9.21 Å². The van der Waals surface area contributed by atoms with E-state index in [2.05, 4.69) is 19.2 Å². The first-order valence-corrected chi connectivity index (χ1v) is 5.15. The molecule has 1 fully saturated rings. The molecule has 1 amide bonds. The summed E-state index contributed by atoms with van der Waals surface area (Å²) in [6, 6.07) is 1.71.